The third kappa shape index (κ3) is 7.02. The minimum atomic E-state index is -1.04. The van der Waals surface area contributed by atoms with Crippen molar-refractivity contribution in [2.45, 2.75) is 39.2 Å². The SMILES string of the molecule is CC[C@@H]1CCN(c2cnc(C(=O)O)cn2)C1.CN[C@@H]1CCN(c2cnc(C(=O)Nc3cc4cc(C)nn4cc3OC)cn2)C1. The fraction of sp³-hybridized carbons (Fsp3) is 0.433. The molecule has 2 atom stereocenters. The normalized spacial score (nSPS) is 17.8. The van der Waals surface area contributed by atoms with Gasteiger partial charge in [-0.25, -0.2) is 29.2 Å². The van der Waals surface area contributed by atoms with Gasteiger partial charge in [0, 0.05) is 32.2 Å². The summed E-state index contributed by atoms with van der Waals surface area (Å²) < 4.78 is 7.10. The molecule has 44 heavy (non-hydrogen) atoms. The van der Waals surface area contributed by atoms with Crippen LogP contribution >= 0.6 is 0 Å². The summed E-state index contributed by atoms with van der Waals surface area (Å²) in [6.45, 7) is 7.89. The van der Waals surface area contributed by atoms with E-state index in [1.807, 2.05) is 26.1 Å². The molecule has 14 nitrogen and oxygen atoms in total. The quantitative estimate of drug-likeness (QED) is 0.271. The first kappa shape index (κ1) is 30.6. The highest BCUT2D eigenvalue weighted by molar-refractivity contribution is 6.03. The fourth-order valence-corrected chi connectivity index (χ4v) is 5.37. The zero-order chi connectivity index (χ0) is 31.2. The molecule has 1 amide bonds. The Kier molecular flexibility index (Phi) is 9.48. The lowest BCUT2D eigenvalue weighted by Crippen LogP contribution is -2.30. The number of pyridine rings is 1. The largest absolute Gasteiger partial charge is 0.493 e. The van der Waals surface area contributed by atoms with Crippen LogP contribution in [0.15, 0.2) is 43.1 Å². The van der Waals surface area contributed by atoms with Gasteiger partial charge in [-0.3, -0.25) is 4.79 Å². The second kappa shape index (κ2) is 13.6. The number of methoxy groups -OCH3 is 1. The summed E-state index contributed by atoms with van der Waals surface area (Å²) in [5, 5.41) is 19.2. The number of ether oxygens (including phenoxy) is 1. The van der Waals surface area contributed by atoms with Gasteiger partial charge >= 0.3 is 5.97 Å². The number of nitrogens with zero attached hydrogens (tertiary/aromatic N) is 8. The number of likely N-dealkylation sites (N-methyl/N-ethyl adjacent to an activating group) is 1. The van der Waals surface area contributed by atoms with Crippen molar-refractivity contribution in [1.29, 1.82) is 0 Å². The highest BCUT2D eigenvalue weighted by atomic mass is 16.5. The molecule has 2 fully saturated rings. The van der Waals surface area contributed by atoms with Gasteiger partial charge in [-0.1, -0.05) is 13.3 Å². The Morgan fingerprint density at radius 1 is 0.977 bits per heavy atom. The summed E-state index contributed by atoms with van der Waals surface area (Å²) in [4.78, 5) is 44.3. The predicted molar refractivity (Wildman–Crippen MR) is 166 cm³/mol. The van der Waals surface area contributed by atoms with Gasteiger partial charge in [-0.2, -0.15) is 5.10 Å². The van der Waals surface area contributed by atoms with Gasteiger partial charge in [-0.15, -0.1) is 0 Å². The molecule has 4 aromatic heterocycles. The fourth-order valence-electron chi connectivity index (χ4n) is 5.37. The van der Waals surface area contributed by atoms with Crippen molar-refractivity contribution in [3.8, 4) is 5.75 Å². The first-order valence-electron chi connectivity index (χ1n) is 14.7. The van der Waals surface area contributed by atoms with Gasteiger partial charge in [0.25, 0.3) is 5.91 Å². The van der Waals surface area contributed by atoms with E-state index in [0.29, 0.717) is 17.5 Å². The number of hydrogen-bond acceptors (Lipinski definition) is 11. The van der Waals surface area contributed by atoms with Crippen LogP contribution in [0.25, 0.3) is 5.52 Å². The minimum Gasteiger partial charge on any atom is -0.493 e. The van der Waals surface area contributed by atoms with Gasteiger partial charge < -0.3 is 30.3 Å². The van der Waals surface area contributed by atoms with Crippen molar-refractivity contribution in [2.24, 2.45) is 5.92 Å². The average Bonchev–Trinajstić information content (AvgIpc) is 3.80. The van der Waals surface area contributed by atoms with Crippen molar-refractivity contribution in [2.75, 3.05) is 55.5 Å². The standard InChI is InChI=1S/C19H23N7O2.C11H15N3O2/c1-12-6-14-7-15(17(28-3)11-26(14)24-12)23-19(27)16-8-22-18(9-21-16)25-5-4-13(10-25)20-2;1-2-8-3-4-14(7-8)10-6-12-9(5-13-10)11(15)16/h6-9,11,13,20H,4-5,10H2,1-3H3,(H,23,27);5-6,8H,2-4,7H2,1H3,(H,15,16)/t13-;8-/m11/s1. The molecule has 2 aliphatic heterocycles. The molecule has 0 aromatic carbocycles. The Bertz CT molecular complexity index is 1590. The summed E-state index contributed by atoms with van der Waals surface area (Å²) in [5.41, 5.74) is 2.55. The minimum absolute atomic E-state index is 0.00464. The molecule has 2 aliphatic rings. The molecule has 0 aliphatic carbocycles. The number of hydrogen-bond donors (Lipinski definition) is 3. The summed E-state index contributed by atoms with van der Waals surface area (Å²) in [6.07, 6.45) is 11.2. The maximum Gasteiger partial charge on any atom is 0.356 e. The van der Waals surface area contributed by atoms with E-state index in [1.54, 1.807) is 30.2 Å². The summed E-state index contributed by atoms with van der Waals surface area (Å²) in [7, 11) is 3.51. The number of aryl methyl sites for hydroxylation is 1. The number of fused-ring (bicyclic) bond motifs is 1. The van der Waals surface area contributed by atoms with E-state index in [1.165, 1.54) is 25.2 Å². The summed E-state index contributed by atoms with van der Waals surface area (Å²) in [6, 6.07) is 4.21. The van der Waals surface area contributed by atoms with E-state index < -0.39 is 5.97 Å². The van der Waals surface area contributed by atoms with Gasteiger partial charge in [0.15, 0.2) is 11.4 Å². The number of rotatable bonds is 8. The molecule has 6 heterocycles. The van der Waals surface area contributed by atoms with Gasteiger partial charge in [0.1, 0.15) is 17.3 Å². The highest BCUT2D eigenvalue weighted by Gasteiger charge is 2.23. The maximum absolute atomic E-state index is 12.6. The molecule has 14 heteroatoms. The molecule has 0 radical (unpaired) electrons. The Morgan fingerprint density at radius 2 is 1.66 bits per heavy atom. The third-order valence-electron chi connectivity index (χ3n) is 7.99. The lowest BCUT2D eigenvalue weighted by atomic mass is 10.1. The molecule has 4 aromatic rings. The molecular weight excluding hydrogens is 564 g/mol. The number of aromatic nitrogens is 6. The van der Waals surface area contributed by atoms with Crippen LogP contribution in [0.5, 0.6) is 5.75 Å². The number of anilines is 3. The van der Waals surface area contributed by atoms with Gasteiger partial charge in [0.05, 0.1) is 55.0 Å². The van der Waals surface area contributed by atoms with Gasteiger partial charge in [0.2, 0.25) is 0 Å². The summed E-state index contributed by atoms with van der Waals surface area (Å²) in [5.74, 6) is 1.42. The van der Waals surface area contributed by atoms with Crippen LogP contribution < -0.4 is 25.2 Å². The number of amides is 1. The van der Waals surface area contributed by atoms with Crippen molar-refractivity contribution in [1.82, 2.24) is 34.9 Å². The number of carboxylic acids is 1. The predicted octanol–water partition coefficient (Wildman–Crippen LogP) is 2.90. The van der Waals surface area contributed by atoms with Crippen LogP contribution in [0.4, 0.5) is 17.3 Å². The second-order valence-corrected chi connectivity index (χ2v) is 10.9. The van der Waals surface area contributed by atoms with Crippen molar-refractivity contribution in [3.63, 3.8) is 0 Å². The number of carboxylic acid groups (broad SMARTS) is 1. The van der Waals surface area contributed by atoms with Crippen LogP contribution in [-0.2, 0) is 0 Å². The third-order valence-corrected chi connectivity index (χ3v) is 7.99. The Hall–Kier alpha value is -4.85. The number of nitrogens with one attached hydrogen (secondary N) is 2. The smallest absolute Gasteiger partial charge is 0.356 e. The maximum atomic E-state index is 12.6. The molecule has 0 saturated carbocycles. The van der Waals surface area contributed by atoms with E-state index in [4.69, 9.17) is 9.84 Å². The van der Waals surface area contributed by atoms with Gasteiger partial charge in [-0.05, 0) is 44.9 Å². The molecule has 0 unspecified atom stereocenters. The van der Waals surface area contributed by atoms with Crippen LogP contribution in [-0.4, -0.2) is 92.9 Å². The van der Waals surface area contributed by atoms with Crippen LogP contribution in [0.2, 0.25) is 0 Å². The van der Waals surface area contributed by atoms with Crippen LogP contribution in [0.1, 0.15) is 52.9 Å². The van der Waals surface area contributed by atoms with E-state index >= 15 is 0 Å². The zero-order valence-corrected chi connectivity index (χ0v) is 25.4. The van der Waals surface area contributed by atoms with E-state index in [9.17, 15) is 9.59 Å². The lowest BCUT2D eigenvalue weighted by molar-refractivity contribution is 0.0689. The molecule has 3 N–H and O–H groups in total. The summed E-state index contributed by atoms with van der Waals surface area (Å²) >= 11 is 0. The zero-order valence-electron chi connectivity index (χ0n) is 25.4. The molecule has 232 valence electrons. The van der Waals surface area contributed by atoms with E-state index in [2.05, 4.69) is 52.4 Å². The van der Waals surface area contributed by atoms with Crippen molar-refractivity contribution >= 4 is 34.7 Å². The molecule has 2 saturated heterocycles. The van der Waals surface area contributed by atoms with Crippen LogP contribution in [0, 0.1) is 12.8 Å². The average molecular weight is 603 g/mol. The number of carbonyl (C=O) groups is 2. The second-order valence-electron chi connectivity index (χ2n) is 10.9. The monoisotopic (exact) mass is 602 g/mol. The van der Waals surface area contributed by atoms with Crippen molar-refractivity contribution < 1.29 is 19.4 Å². The van der Waals surface area contributed by atoms with Crippen LogP contribution in [0.3, 0.4) is 0 Å². The topological polar surface area (TPSA) is 163 Å². The molecule has 0 bridgehead atoms. The number of aromatic carboxylic acids is 1. The molecule has 6 rings (SSSR count). The Labute approximate surface area is 255 Å². The van der Waals surface area contributed by atoms with E-state index in [0.717, 1.165) is 61.4 Å². The first-order chi connectivity index (χ1) is 21.3. The van der Waals surface area contributed by atoms with Crippen molar-refractivity contribution in [3.05, 3.63) is 60.2 Å². The Balaban J connectivity index is 0.000000204. The Morgan fingerprint density at radius 3 is 2.23 bits per heavy atom. The molecular formula is C30H38N10O4. The van der Waals surface area contributed by atoms with E-state index in [-0.39, 0.29) is 17.3 Å². The lowest BCUT2D eigenvalue weighted by Gasteiger charge is -2.17. The molecule has 0 spiro atoms. The highest BCUT2D eigenvalue weighted by Crippen LogP contribution is 2.27. The first-order valence-corrected chi connectivity index (χ1v) is 14.7. The number of carbonyl (C=O) groups excluding carboxylic acids is 1.